The van der Waals surface area contributed by atoms with Gasteiger partial charge in [0.15, 0.2) is 11.5 Å². The average molecular weight is 493 g/mol. The minimum atomic E-state index is -0.214. The molecule has 1 N–H and O–H groups in total. The second-order valence-corrected chi connectivity index (χ2v) is 9.48. The van der Waals surface area contributed by atoms with E-state index in [0.29, 0.717) is 35.5 Å². The number of nitrogens with zero attached hydrogens (tertiary/aromatic N) is 3. The van der Waals surface area contributed by atoms with Crippen LogP contribution in [0.25, 0.3) is 15.3 Å². The molecule has 9 heteroatoms. The second-order valence-electron chi connectivity index (χ2n) is 8.48. The number of rotatable bonds is 8. The van der Waals surface area contributed by atoms with Gasteiger partial charge in [-0.05, 0) is 37.6 Å². The first-order valence-electron chi connectivity index (χ1n) is 11.7. The number of anilines is 1. The van der Waals surface area contributed by atoms with Gasteiger partial charge < -0.3 is 19.5 Å². The molecule has 4 aromatic rings. The Hall–Kier alpha value is -3.59. The van der Waals surface area contributed by atoms with E-state index in [4.69, 9.17) is 24.3 Å². The number of hydrogen-bond acceptors (Lipinski definition) is 7. The fraction of sp³-hybridized carbons (Fsp3) is 0.346. The number of nitrogens with one attached hydrogen (secondary N) is 1. The molecule has 2 aromatic heterocycles. The van der Waals surface area contributed by atoms with Gasteiger partial charge in [-0.2, -0.15) is 9.78 Å². The Morgan fingerprint density at radius 3 is 2.83 bits per heavy atom. The van der Waals surface area contributed by atoms with Crippen LogP contribution in [0.15, 0.2) is 36.4 Å². The number of fused-ring (bicyclic) bond motifs is 2. The van der Waals surface area contributed by atoms with Crippen molar-refractivity contribution in [3.8, 4) is 22.4 Å². The first kappa shape index (κ1) is 23.2. The minimum Gasteiger partial charge on any atom is -0.497 e. The molecule has 0 spiro atoms. The number of ether oxygens (including phenoxy) is 3. The molecule has 1 atom stereocenters. The molecule has 1 aliphatic rings. The summed E-state index contributed by atoms with van der Waals surface area (Å²) in [6.45, 7) is 4.68. The number of methoxy groups -OCH3 is 2. The molecule has 0 radical (unpaired) electrons. The van der Waals surface area contributed by atoms with Crippen molar-refractivity contribution in [2.24, 2.45) is 0 Å². The third-order valence-corrected chi connectivity index (χ3v) is 7.21. The Labute approximate surface area is 207 Å². The lowest BCUT2D eigenvalue weighted by atomic mass is 9.85. The number of unbranched alkanes of at least 4 members (excludes halogenated alkanes) is 1. The molecule has 5 rings (SSSR count). The van der Waals surface area contributed by atoms with Gasteiger partial charge in [-0.3, -0.25) is 4.79 Å². The number of aromatic nitrogens is 3. The van der Waals surface area contributed by atoms with E-state index in [2.05, 4.69) is 12.2 Å². The van der Waals surface area contributed by atoms with Gasteiger partial charge in [0.2, 0.25) is 11.0 Å². The van der Waals surface area contributed by atoms with Crippen molar-refractivity contribution in [3.63, 3.8) is 0 Å². The zero-order valence-corrected chi connectivity index (χ0v) is 21.1. The molecule has 0 saturated carbocycles. The molecule has 1 aliphatic heterocycles. The van der Waals surface area contributed by atoms with Gasteiger partial charge in [-0.1, -0.05) is 36.8 Å². The number of carbonyl (C=O) groups excluding carboxylic acids is 1. The van der Waals surface area contributed by atoms with Gasteiger partial charge in [0.1, 0.15) is 11.6 Å². The van der Waals surface area contributed by atoms with Crippen molar-refractivity contribution in [3.05, 3.63) is 53.2 Å². The van der Waals surface area contributed by atoms with Crippen LogP contribution in [0.5, 0.6) is 17.2 Å². The van der Waals surface area contributed by atoms with E-state index in [0.717, 1.165) is 45.6 Å². The molecule has 182 valence electrons. The largest absolute Gasteiger partial charge is 0.497 e. The highest BCUT2D eigenvalue weighted by atomic mass is 32.1. The molecule has 1 amide bonds. The number of thiazole rings is 1. The van der Waals surface area contributed by atoms with Crippen molar-refractivity contribution >= 4 is 33.3 Å². The van der Waals surface area contributed by atoms with Crippen molar-refractivity contribution in [2.75, 3.05) is 26.1 Å². The van der Waals surface area contributed by atoms with Gasteiger partial charge in [0, 0.05) is 23.5 Å². The van der Waals surface area contributed by atoms with E-state index >= 15 is 0 Å². The van der Waals surface area contributed by atoms with Gasteiger partial charge in [-0.25, -0.2) is 4.98 Å². The van der Waals surface area contributed by atoms with Gasteiger partial charge in [0.25, 0.3) is 0 Å². The highest BCUT2D eigenvalue weighted by Crippen LogP contribution is 2.46. The lowest BCUT2D eigenvalue weighted by molar-refractivity contribution is -0.116. The van der Waals surface area contributed by atoms with Crippen molar-refractivity contribution in [2.45, 2.75) is 39.0 Å². The summed E-state index contributed by atoms with van der Waals surface area (Å²) in [5.41, 5.74) is 3.58. The fourth-order valence-corrected chi connectivity index (χ4v) is 5.46. The first-order chi connectivity index (χ1) is 17.0. The number of benzene rings is 2. The van der Waals surface area contributed by atoms with Crippen LogP contribution in [-0.4, -0.2) is 41.5 Å². The Kier molecular flexibility index (Phi) is 6.34. The van der Waals surface area contributed by atoms with E-state index in [1.807, 2.05) is 43.3 Å². The summed E-state index contributed by atoms with van der Waals surface area (Å²) in [5.74, 6) is 2.48. The summed E-state index contributed by atoms with van der Waals surface area (Å²) in [4.78, 5) is 17.7. The van der Waals surface area contributed by atoms with E-state index in [1.165, 1.54) is 11.3 Å². The first-order valence-corrected chi connectivity index (χ1v) is 12.5. The zero-order valence-electron chi connectivity index (χ0n) is 20.3. The number of aryl methyl sites for hydroxylation is 1. The Balaban J connectivity index is 1.62. The number of hydrogen-bond donors (Lipinski definition) is 1. The summed E-state index contributed by atoms with van der Waals surface area (Å²) in [6.07, 6.45) is 2.27. The maximum absolute atomic E-state index is 12.9. The average Bonchev–Trinajstić information content (AvgIpc) is 3.43. The molecule has 0 bridgehead atoms. The number of carbonyl (C=O) groups is 1. The highest BCUT2D eigenvalue weighted by molar-refractivity contribution is 7.20. The van der Waals surface area contributed by atoms with Crippen molar-refractivity contribution < 1.29 is 19.0 Å². The molecular formula is C26H28N4O4S. The third kappa shape index (κ3) is 4.20. The van der Waals surface area contributed by atoms with Gasteiger partial charge >= 0.3 is 0 Å². The maximum atomic E-state index is 12.9. The maximum Gasteiger partial charge on any atom is 0.226 e. The van der Waals surface area contributed by atoms with Crippen LogP contribution in [0.1, 0.15) is 48.9 Å². The third-order valence-electron chi connectivity index (χ3n) is 6.22. The molecule has 0 unspecified atom stereocenters. The molecular weight excluding hydrogens is 464 g/mol. The molecule has 35 heavy (non-hydrogen) atoms. The summed E-state index contributed by atoms with van der Waals surface area (Å²) in [7, 11) is 3.28. The molecule has 0 aliphatic carbocycles. The van der Waals surface area contributed by atoms with E-state index in [-0.39, 0.29) is 11.8 Å². The predicted octanol–water partition coefficient (Wildman–Crippen LogP) is 5.46. The molecule has 0 fully saturated rings. The SMILES string of the molecule is CCCCOc1c(OC)cccc1[C@H]1CC(=O)Nc2c1c(C)nn2-c1nc2ccc(OC)cc2s1. The quantitative estimate of drug-likeness (QED) is 0.329. The van der Waals surface area contributed by atoms with Crippen molar-refractivity contribution in [1.82, 2.24) is 14.8 Å². The van der Waals surface area contributed by atoms with Crippen LogP contribution in [0, 0.1) is 6.92 Å². The normalized spacial score (nSPS) is 15.1. The Bertz CT molecular complexity index is 1390. The standard InChI is InChI=1S/C26H28N4O4S/c1-5-6-12-34-24-17(8-7-9-20(24)33-4)18-14-22(31)28-25-23(18)15(2)29-30(25)26-27-19-11-10-16(32-3)13-21(19)35-26/h7-11,13,18H,5-6,12,14H2,1-4H3,(H,28,31)/t18-/m1/s1. The van der Waals surface area contributed by atoms with Gasteiger partial charge in [-0.15, -0.1) is 0 Å². The second kappa shape index (κ2) is 9.58. The van der Waals surface area contributed by atoms with E-state index in [1.54, 1.807) is 18.9 Å². The van der Waals surface area contributed by atoms with Crippen LogP contribution < -0.4 is 19.5 Å². The fourth-order valence-electron chi connectivity index (χ4n) is 4.50. The van der Waals surface area contributed by atoms with Gasteiger partial charge in [0.05, 0.1) is 36.7 Å². The van der Waals surface area contributed by atoms with Crippen molar-refractivity contribution in [1.29, 1.82) is 0 Å². The summed E-state index contributed by atoms with van der Waals surface area (Å²) >= 11 is 1.50. The zero-order chi connectivity index (χ0) is 24.5. The monoisotopic (exact) mass is 492 g/mol. The molecule has 2 aromatic carbocycles. The summed E-state index contributed by atoms with van der Waals surface area (Å²) in [6, 6.07) is 11.6. The van der Waals surface area contributed by atoms with Crippen LogP contribution in [0.2, 0.25) is 0 Å². The van der Waals surface area contributed by atoms with Crippen LogP contribution in [0.4, 0.5) is 5.82 Å². The highest BCUT2D eigenvalue weighted by Gasteiger charge is 2.35. The lowest BCUT2D eigenvalue weighted by Crippen LogP contribution is -2.25. The smallest absolute Gasteiger partial charge is 0.226 e. The Morgan fingerprint density at radius 1 is 1.20 bits per heavy atom. The lowest BCUT2D eigenvalue weighted by Gasteiger charge is -2.26. The molecule has 0 saturated heterocycles. The molecule has 3 heterocycles. The predicted molar refractivity (Wildman–Crippen MR) is 137 cm³/mol. The minimum absolute atomic E-state index is 0.0752. The molecule has 8 nitrogen and oxygen atoms in total. The van der Waals surface area contributed by atoms with Crippen LogP contribution >= 0.6 is 11.3 Å². The van der Waals surface area contributed by atoms with Crippen LogP contribution in [0.3, 0.4) is 0 Å². The topological polar surface area (TPSA) is 87.5 Å². The summed E-state index contributed by atoms with van der Waals surface area (Å²) in [5, 5.41) is 8.53. The van der Waals surface area contributed by atoms with E-state index in [9.17, 15) is 4.79 Å². The van der Waals surface area contributed by atoms with E-state index < -0.39 is 0 Å². The summed E-state index contributed by atoms with van der Waals surface area (Å²) < 4.78 is 19.9. The van der Waals surface area contributed by atoms with Crippen LogP contribution in [-0.2, 0) is 4.79 Å². The Morgan fingerprint density at radius 2 is 2.06 bits per heavy atom. The number of para-hydroxylation sites is 1. The number of amides is 1.